The number of hydrogen-bond acceptors (Lipinski definition) is 5. The number of ether oxygens (including phenoxy) is 1. The number of nitrogens with two attached hydrogens (primary N) is 1. The molecule has 0 radical (unpaired) electrons. The highest BCUT2D eigenvalue weighted by atomic mass is 32.2. The fourth-order valence-electron chi connectivity index (χ4n) is 2.39. The quantitative estimate of drug-likeness (QED) is 0.637. The van der Waals surface area contributed by atoms with Gasteiger partial charge in [0.15, 0.2) is 0 Å². The average molecular weight is 391 g/mol. The molecule has 1 atom stereocenters. The zero-order valence-electron chi connectivity index (χ0n) is 15.5. The summed E-state index contributed by atoms with van der Waals surface area (Å²) in [5, 5.41) is 7.83. The van der Waals surface area contributed by atoms with Crippen molar-refractivity contribution >= 4 is 21.6 Å². The lowest BCUT2D eigenvalue weighted by Gasteiger charge is -2.23. The van der Waals surface area contributed by atoms with E-state index in [1.54, 1.807) is 0 Å². The minimum Gasteiger partial charge on any atom is -0.494 e. The predicted octanol–water partition coefficient (Wildman–Crippen LogP) is 2.06. The topological polar surface area (TPSA) is 102 Å². The summed E-state index contributed by atoms with van der Waals surface area (Å²) in [6.07, 6.45) is 0.784. The Bertz CT molecular complexity index is 839. The molecule has 0 saturated carbocycles. The molecule has 27 heavy (non-hydrogen) atoms. The van der Waals surface area contributed by atoms with Gasteiger partial charge in [-0.25, -0.2) is 13.6 Å². The Morgan fingerprint density at radius 1 is 1.15 bits per heavy atom. The molecule has 2 aromatic rings. The highest BCUT2D eigenvalue weighted by Crippen LogP contribution is 2.14. The molecule has 2 aromatic carbocycles. The molecule has 0 aliphatic heterocycles. The number of anilines is 1. The van der Waals surface area contributed by atoms with E-state index in [1.165, 1.54) is 24.3 Å². The molecule has 0 fully saturated rings. The minimum atomic E-state index is -3.74. The molecule has 7 nitrogen and oxygen atoms in total. The number of carbonyl (C=O) groups is 1. The second-order valence-electron chi connectivity index (χ2n) is 6.23. The number of nitrogens with one attached hydrogen (secondary N) is 1. The Kier molecular flexibility index (Phi) is 7.35. The Morgan fingerprint density at radius 3 is 2.37 bits per heavy atom. The van der Waals surface area contributed by atoms with Crippen LogP contribution in [0, 0.1) is 0 Å². The van der Waals surface area contributed by atoms with Crippen LogP contribution in [0.25, 0.3) is 0 Å². The summed E-state index contributed by atoms with van der Waals surface area (Å²) in [7, 11) is -1.87. The number of sulfonamides is 1. The van der Waals surface area contributed by atoms with Crippen LogP contribution >= 0.6 is 0 Å². The third-order valence-corrected chi connectivity index (χ3v) is 5.09. The zero-order valence-corrected chi connectivity index (χ0v) is 16.3. The molecule has 0 aliphatic carbocycles. The van der Waals surface area contributed by atoms with Gasteiger partial charge in [-0.2, -0.15) is 0 Å². The van der Waals surface area contributed by atoms with Crippen LogP contribution in [0.5, 0.6) is 5.75 Å². The van der Waals surface area contributed by atoms with Gasteiger partial charge in [0.1, 0.15) is 5.75 Å². The lowest BCUT2D eigenvalue weighted by atomic mass is 10.2. The monoisotopic (exact) mass is 391 g/mol. The molecule has 2 rings (SSSR count). The Hall–Kier alpha value is -2.42. The largest absolute Gasteiger partial charge is 0.494 e. The number of para-hydroxylation sites is 1. The number of benzene rings is 2. The lowest BCUT2D eigenvalue weighted by Crippen LogP contribution is -2.40. The SMILES string of the molecule is CC(C(=O)Nc1ccc(S(N)(=O)=O)cc1)N(C)CCCOc1ccccc1. The molecule has 8 heteroatoms. The van der Waals surface area contributed by atoms with Gasteiger partial charge in [-0.3, -0.25) is 9.69 Å². The van der Waals surface area contributed by atoms with Crippen molar-refractivity contribution in [1.29, 1.82) is 0 Å². The van der Waals surface area contributed by atoms with Gasteiger partial charge in [0, 0.05) is 12.2 Å². The van der Waals surface area contributed by atoms with Crippen molar-refractivity contribution in [3.05, 3.63) is 54.6 Å². The average Bonchev–Trinajstić information content (AvgIpc) is 2.65. The van der Waals surface area contributed by atoms with Crippen molar-refractivity contribution in [3.63, 3.8) is 0 Å². The first-order valence-corrected chi connectivity index (χ1v) is 10.1. The maximum Gasteiger partial charge on any atom is 0.241 e. The fraction of sp³-hybridized carbons (Fsp3) is 0.316. The molecular formula is C19H25N3O4S. The number of hydrogen-bond donors (Lipinski definition) is 2. The first-order valence-electron chi connectivity index (χ1n) is 8.59. The van der Waals surface area contributed by atoms with E-state index in [9.17, 15) is 13.2 Å². The minimum absolute atomic E-state index is 0.00378. The Balaban J connectivity index is 1.78. The summed E-state index contributed by atoms with van der Waals surface area (Å²) >= 11 is 0. The molecule has 0 bridgehead atoms. The number of likely N-dealkylation sites (N-methyl/N-ethyl adjacent to an activating group) is 1. The maximum atomic E-state index is 12.4. The second kappa shape index (κ2) is 9.50. The van der Waals surface area contributed by atoms with Crippen LogP contribution in [0.4, 0.5) is 5.69 Å². The van der Waals surface area contributed by atoms with Crippen LogP contribution in [0.3, 0.4) is 0 Å². The highest BCUT2D eigenvalue weighted by Gasteiger charge is 2.18. The third-order valence-electron chi connectivity index (χ3n) is 4.16. The van der Waals surface area contributed by atoms with Crippen LogP contribution in [0.15, 0.2) is 59.5 Å². The summed E-state index contributed by atoms with van der Waals surface area (Å²) in [5.74, 6) is 0.652. The van der Waals surface area contributed by atoms with Crippen LogP contribution in [-0.2, 0) is 14.8 Å². The van der Waals surface area contributed by atoms with Crippen molar-refractivity contribution in [2.75, 3.05) is 25.5 Å². The lowest BCUT2D eigenvalue weighted by molar-refractivity contribution is -0.120. The molecule has 0 aliphatic rings. The van der Waals surface area contributed by atoms with Gasteiger partial charge < -0.3 is 10.1 Å². The molecule has 0 aromatic heterocycles. The van der Waals surface area contributed by atoms with E-state index in [0.29, 0.717) is 18.8 Å². The summed E-state index contributed by atoms with van der Waals surface area (Å²) in [6.45, 7) is 3.08. The van der Waals surface area contributed by atoms with Gasteiger partial charge >= 0.3 is 0 Å². The van der Waals surface area contributed by atoms with Crippen molar-refractivity contribution in [1.82, 2.24) is 4.90 Å². The molecule has 1 amide bonds. The van der Waals surface area contributed by atoms with E-state index in [4.69, 9.17) is 9.88 Å². The molecule has 0 saturated heterocycles. The van der Waals surface area contributed by atoms with E-state index < -0.39 is 10.0 Å². The van der Waals surface area contributed by atoms with Gasteiger partial charge in [-0.05, 0) is 56.8 Å². The first kappa shape index (κ1) is 20.9. The number of rotatable bonds is 9. The van der Waals surface area contributed by atoms with Crippen molar-refractivity contribution in [2.24, 2.45) is 5.14 Å². The predicted molar refractivity (Wildman–Crippen MR) is 105 cm³/mol. The molecule has 3 N–H and O–H groups in total. The summed E-state index contributed by atoms with van der Waals surface area (Å²) < 4.78 is 28.2. The van der Waals surface area contributed by atoms with E-state index in [-0.39, 0.29) is 16.8 Å². The summed E-state index contributed by atoms with van der Waals surface area (Å²) in [6, 6.07) is 15.0. The molecule has 146 valence electrons. The van der Waals surface area contributed by atoms with E-state index in [1.807, 2.05) is 49.2 Å². The van der Waals surface area contributed by atoms with Crippen LogP contribution in [0.2, 0.25) is 0 Å². The van der Waals surface area contributed by atoms with Gasteiger partial charge in [0.2, 0.25) is 15.9 Å². The van der Waals surface area contributed by atoms with E-state index in [2.05, 4.69) is 5.32 Å². The molecule has 0 heterocycles. The smallest absolute Gasteiger partial charge is 0.241 e. The van der Waals surface area contributed by atoms with Gasteiger partial charge in [-0.1, -0.05) is 18.2 Å². The Morgan fingerprint density at radius 2 is 1.78 bits per heavy atom. The number of carbonyl (C=O) groups excluding carboxylic acids is 1. The van der Waals surface area contributed by atoms with E-state index >= 15 is 0 Å². The number of nitrogens with zero attached hydrogens (tertiary/aromatic N) is 1. The molecule has 1 unspecified atom stereocenters. The number of amides is 1. The highest BCUT2D eigenvalue weighted by molar-refractivity contribution is 7.89. The second-order valence-corrected chi connectivity index (χ2v) is 7.79. The standard InChI is InChI=1S/C19H25N3O4S/c1-15(22(2)13-6-14-26-17-7-4-3-5-8-17)19(23)21-16-9-11-18(12-10-16)27(20,24)25/h3-5,7-12,15H,6,13-14H2,1-2H3,(H,21,23)(H2,20,24,25). The summed E-state index contributed by atoms with van der Waals surface area (Å²) in [4.78, 5) is 14.3. The van der Waals surface area contributed by atoms with Gasteiger partial charge in [0.05, 0.1) is 17.5 Å². The maximum absolute atomic E-state index is 12.4. The normalized spacial score (nSPS) is 12.6. The van der Waals surface area contributed by atoms with E-state index in [0.717, 1.165) is 12.2 Å². The first-order chi connectivity index (χ1) is 12.8. The van der Waals surface area contributed by atoms with Gasteiger partial charge in [0.25, 0.3) is 0 Å². The van der Waals surface area contributed by atoms with Crippen molar-refractivity contribution < 1.29 is 17.9 Å². The van der Waals surface area contributed by atoms with Gasteiger partial charge in [-0.15, -0.1) is 0 Å². The van der Waals surface area contributed by atoms with Crippen LogP contribution in [0.1, 0.15) is 13.3 Å². The Labute approximate surface area is 160 Å². The van der Waals surface area contributed by atoms with Crippen LogP contribution in [-0.4, -0.2) is 45.5 Å². The zero-order chi connectivity index (χ0) is 19.9. The number of primary sulfonamides is 1. The molecule has 0 spiro atoms. The van der Waals surface area contributed by atoms with Crippen molar-refractivity contribution in [2.45, 2.75) is 24.3 Å². The molecular weight excluding hydrogens is 366 g/mol. The third kappa shape index (κ3) is 6.67. The van der Waals surface area contributed by atoms with Crippen molar-refractivity contribution in [3.8, 4) is 5.75 Å². The fourth-order valence-corrected chi connectivity index (χ4v) is 2.90. The summed E-state index contributed by atoms with van der Waals surface area (Å²) in [5.41, 5.74) is 0.514. The van der Waals surface area contributed by atoms with Crippen LogP contribution < -0.4 is 15.2 Å².